The zero-order valence-corrected chi connectivity index (χ0v) is 16.4. The van der Waals surface area contributed by atoms with E-state index in [1.54, 1.807) is 24.8 Å². The third-order valence-corrected chi connectivity index (χ3v) is 5.68. The highest BCUT2D eigenvalue weighted by atomic mass is 16.5. The Labute approximate surface area is 168 Å². The van der Waals surface area contributed by atoms with Crippen LogP contribution >= 0.6 is 0 Å². The van der Waals surface area contributed by atoms with Gasteiger partial charge < -0.3 is 9.64 Å². The van der Waals surface area contributed by atoms with Gasteiger partial charge in [-0.2, -0.15) is 10.2 Å². The van der Waals surface area contributed by atoms with Crippen LogP contribution in [0.1, 0.15) is 34.3 Å². The number of ether oxygens (including phenoxy) is 1. The zero-order chi connectivity index (χ0) is 20.0. The van der Waals surface area contributed by atoms with Gasteiger partial charge in [0.2, 0.25) is 5.88 Å². The molecule has 0 spiro atoms. The van der Waals surface area contributed by atoms with Crippen LogP contribution in [0.2, 0.25) is 0 Å². The average Bonchev–Trinajstić information content (AvgIpc) is 3.46. The summed E-state index contributed by atoms with van der Waals surface area (Å²) in [6.07, 6.45) is 8.53. The van der Waals surface area contributed by atoms with Crippen molar-refractivity contribution >= 4 is 5.91 Å². The van der Waals surface area contributed by atoms with Gasteiger partial charge >= 0.3 is 0 Å². The van der Waals surface area contributed by atoms with Crippen LogP contribution in [0, 0.1) is 19.8 Å². The van der Waals surface area contributed by atoms with E-state index in [9.17, 15) is 4.79 Å². The summed E-state index contributed by atoms with van der Waals surface area (Å²) in [6, 6.07) is 5.77. The minimum absolute atomic E-state index is 0.0366. The average molecular weight is 390 g/mol. The summed E-state index contributed by atoms with van der Waals surface area (Å²) in [6.45, 7) is 4.66. The molecule has 3 unspecified atom stereocenters. The van der Waals surface area contributed by atoms with Crippen LogP contribution in [-0.4, -0.2) is 54.5 Å². The Kier molecular flexibility index (Phi) is 4.26. The van der Waals surface area contributed by atoms with Gasteiger partial charge in [-0.1, -0.05) is 6.07 Å². The lowest BCUT2D eigenvalue weighted by atomic mass is 10.1. The fourth-order valence-electron chi connectivity index (χ4n) is 4.36. The van der Waals surface area contributed by atoms with Crippen LogP contribution in [0.15, 0.2) is 43.0 Å². The number of aryl methyl sites for hydroxylation is 2. The Balaban J connectivity index is 1.41. The maximum absolute atomic E-state index is 13.5. The highest BCUT2D eigenvalue weighted by Crippen LogP contribution is 2.40. The van der Waals surface area contributed by atoms with Crippen LogP contribution in [0.4, 0.5) is 0 Å². The third-order valence-electron chi connectivity index (χ3n) is 5.68. The molecule has 29 heavy (non-hydrogen) atoms. The summed E-state index contributed by atoms with van der Waals surface area (Å²) < 4.78 is 6.16. The van der Waals surface area contributed by atoms with E-state index >= 15 is 0 Å². The van der Waals surface area contributed by atoms with Gasteiger partial charge in [0.25, 0.3) is 5.91 Å². The normalized spacial score (nSPS) is 22.8. The molecule has 1 amide bonds. The topological polar surface area (TPSA) is 86.0 Å². The number of hydrogen-bond donors (Lipinski definition) is 0. The lowest BCUT2D eigenvalue weighted by molar-refractivity contribution is 0.0466. The van der Waals surface area contributed by atoms with Crippen LogP contribution in [0.5, 0.6) is 5.88 Å². The molecule has 1 aliphatic carbocycles. The number of aromatic nitrogens is 5. The molecule has 8 nitrogen and oxygen atoms in total. The quantitative estimate of drug-likeness (QED) is 0.680. The first-order valence-electron chi connectivity index (χ1n) is 9.82. The fraction of sp³-hybridized carbons (Fsp3) is 0.381. The number of fused-ring (bicyclic) bond motifs is 2. The van der Waals surface area contributed by atoms with Crippen molar-refractivity contribution in [2.24, 2.45) is 5.92 Å². The van der Waals surface area contributed by atoms with Crippen molar-refractivity contribution in [2.75, 3.05) is 6.54 Å². The van der Waals surface area contributed by atoms with E-state index in [0.29, 0.717) is 23.2 Å². The molecule has 1 aliphatic heterocycles. The Morgan fingerprint density at radius 3 is 2.59 bits per heavy atom. The summed E-state index contributed by atoms with van der Waals surface area (Å²) in [7, 11) is 0. The van der Waals surface area contributed by atoms with Crippen molar-refractivity contribution in [3.05, 3.63) is 59.7 Å². The highest BCUT2D eigenvalue weighted by Gasteiger charge is 2.48. The molecule has 4 heterocycles. The Morgan fingerprint density at radius 2 is 1.86 bits per heavy atom. The summed E-state index contributed by atoms with van der Waals surface area (Å²) >= 11 is 0. The number of carbonyl (C=O) groups excluding carboxylic acids is 1. The molecule has 2 bridgehead atoms. The van der Waals surface area contributed by atoms with Crippen LogP contribution in [-0.2, 0) is 0 Å². The van der Waals surface area contributed by atoms with Crippen LogP contribution < -0.4 is 4.74 Å². The second-order valence-electron chi connectivity index (χ2n) is 7.89. The molecule has 1 saturated carbocycles. The molecule has 1 saturated heterocycles. The lowest BCUT2D eigenvalue weighted by Gasteiger charge is -2.33. The molecule has 8 heteroatoms. The minimum atomic E-state index is -0.0498. The number of nitrogens with zero attached hydrogens (tertiary/aromatic N) is 6. The molecule has 0 N–H and O–H groups in total. The monoisotopic (exact) mass is 390 g/mol. The summed E-state index contributed by atoms with van der Waals surface area (Å²) in [5, 5.41) is 8.30. The van der Waals surface area contributed by atoms with Crippen molar-refractivity contribution in [1.29, 1.82) is 0 Å². The number of hydrogen-bond acceptors (Lipinski definition) is 6. The highest BCUT2D eigenvalue weighted by molar-refractivity contribution is 5.97. The van der Waals surface area contributed by atoms with Crippen molar-refractivity contribution in [3.8, 4) is 11.7 Å². The molecule has 3 atom stereocenters. The smallest absolute Gasteiger partial charge is 0.258 e. The van der Waals surface area contributed by atoms with Crippen molar-refractivity contribution in [1.82, 2.24) is 29.9 Å². The van der Waals surface area contributed by atoms with Gasteiger partial charge in [-0.15, -0.1) is 4.80 Å². The molecule has 2 fully saturated rings. The zero-order valence-electron chi connectivity index (χ0n) is 16.4. The molecular formula is C21H22N6O2. The van der Waals surface area contributed by atoms with Gasteiger partial charge in [0, 0.05) is 25.0 Å². The van der Waals surface area contributed by atoms with E-state index in [4.69, 9.17) is 4.74 Å². The number of carbonyl (C=O) groups is 1. The number of piperidine rings is 1. The second-order valence-corrected chi connectivity index (χ2v) is 7.89. The van der Waals surface area contributed by atoms with Crippen molar-refractivity contribution < 1.29 is 9.53 Å². The first kappa shape index (κ1) is 17.8. The minimum Gasteiger partial charge on any atom is -0.472 e. The van der Waals surface area contributed by atoms with Gasteiger partial charge in [-0.05, 0) is 49.8 Å². The van der Waals surface area contributed by atoms with Crippen LogP contribution in [0.3, 0.4) is 0 Å². The standard InChI is InChI=1S/C21H22N6O2/c1-13-3-4-19(22-10-13)29-18-9-15-8-17(18)26(12-15)21(28)16-7-14(2)11-23-20(16)27-24-5-6-25-27/h3-7,10-11,15,17-18H,8-9,12H2,1-2H3. The van der Waals surface area contributed by atoms with E-state index in [2.05, 4.69) is 20.2 Å². The largest absolute Gasteiger partial charge is 0.472 e. The van der Waals surface area contributed by atoms with E-state index in [0.717, 1.165) is 30.5 Å². The summed E-state index contributed by atoms with van der Waals surface area (Å²) in [5.74, 6) is 1.46. The molecule has 5 rings (SSSR count). The number of likely N-dealkylation sites (tertiary alicyclic amines) is 1. The molecule has 0 aromatic carbocycles. The Morgan fingerprint density at radius 1 is 1.07 bits per heavy atom. The van der Waals surface area contributed by atoms with Gasteiger partial charge in [0.05, 0.1) is 24.0 Å². The Bertz CT molecular complexity index is 1030. The number of rotatable bonds is 4. The van der Waals surface area contributed by atoms with E-state index < -0.39 is 0 Å². The van der Waals surface area contributed by atoms with E-state index in [-0.39, 0.29) is 18.1 Å². The molecular weight excluding hydrogens is 368 g/mol. The van der Waals surface area contributed by atoms with Gasteiger partial charge in [-0.25, -0.2) is 9.97 Å². The Hall–Kier alpha value is -3.29. The van der Waals surface area contributed by atoms with Crippen molar-refractivity contribution in [3.63, 3.8) is 0 Å². The third kappa shape index (κ3) is 3.24. The maximum atomic E-state index is 13.5. The van der Waals surface area contributed by atoms with Gasteiger partial charge in [0.15, 0.2) is 5.82 Å². The van der Waals surface area contributed by atoms with Gasteiger partial charge in [-0.3, -0.25) is 4.79 Å². The second kappa shape index (κ2) is 6.95. The predicted octanol–water partition coefficient (Wildman–Crippen LogP) is 2.36. The number of pyridine rings is 2. The number of amides is 1. The predicted molar refractivity (Wildman–Crippen MR) is 105 cm³/mol. The van der Waals surface area contributed by atoms with E-state index in [1.807, 2.05) is 36.9 Å². The van der Waals surface area contributed by atoms with Gasteiger partial charge in [0.1, 0.15) is 6.10 Å². The van der Waals surface area contributed by atoms with Crippen molar-refractivity contribution in [2.45, 2.75) is 38.8 Å². The molecule has 2 aliphatic rings. The maximum Gasteiger partial charge on any atom is 0.258 e. The molecule has 3 aromatic rings. The molecule has 148 valence electrons. The first-order valence-corrected chi connectivity index (χ1v) is 9.82. The summed E-state index contributed by atoms with van der Waals surface area (Å²) in [5.41, 5.74) is 2.53. The fourth-order valence-corrected chi connectivity index (χ4v) is 4.36. The van der Waals surface area contributed by atoms with E-state index in [1.165, 1.54) is 4.80 Å². The lowest BCUT2D eigenvalue weighted by Crippen LogP contribution is -2.47. The first-order chi connectivity index (χ1) is 14.1. The SMILES string of the molecule is Cc1ccc(OC2CC3CC2N(C(=O)c2cc(C)cnc2-n2nccn2)C3)nc1. The van der Waals surface area contributed by atoms with Crippen LogP contribution in [0.25, 0.3) is 5.82 Å². The molecule has 3 aromatic heterocycles. The molecule has 0 radical (unpaired) electrons. The summed E-state index contributed by atoms with van der Waals surface area (Å²) in [4.78, 5) is 25.6.